The van der Waals surface area contributed by atoms with Crippen molar-refractivity contribution >= 4 is 11.4 Å². The van der Waals surface area contributed by atoms with E-state index in [2.05, 4.69) is 15.0 Å². The summed E-state index contributed by atoms with van der Waals surface area (Å²) in [5.41, 5.74) is 1.80. The van der Waals surface area contributed by atoms with Crippen molar-refractivity contribution in [1.82, 2.24) is 9.80 Å². The number of morpholine rings is 2. The molecular weight excluding hydrogens is 352 g/mol. The second-order valence-corrected chi connectivity index (χ2v) is 6.94. The van der Waals surface area contributed by atoms with E-state index in [1.165, 1.54) is 12.1 Å². The zero-order valence-electron chi connectivity index (χ0n) is 15.2. The van der Waals surface area contributed by atoms with E-state index in [9.17, 15) is 10.1 Å². The third-order valence-electron chi connectivity index (χ3n) is 5.29. The molecule has 27 heavy (non-hydrogen) atoms. The second kappa shape index (κ2) is 8.30. The van der Waals surface area contributed by atoms with Crippen LogP contribution in [0, 0.1) is 16.0 Å². The van der Waals surface area contributed by atoms with E-state index in [0.717, 1.165) is 57.2 Å². The predicted octanol–water partition coefficient (Wildman–Crippen LogP) is 0.936. The molecule has 3 aliphatic rings. The monoisotopic (exact) mass is 376 g/mol. The first-order valence-corrected chi connectivity index (χ1v) is 9.33. The molecular formula is C18H24N4O5. The van der Waals surface area contributed by atoms with E-state index in [1.54, 1.807) is 12.1 Å². The highest BCUT2D eigenvalue weighted by molar-refractivity contribution is 6.03. The van der Waals surface area contributed by atoms with Crippen LogP contribution in [-0.4, -0.2) is 85.8 Å². The molecule has 9 nitrogen and oxygen atoms in total. The van der Waals surface area contributed by atoms with Gasteiger partial charge < -0.3 is 14.3 Å². The topological polar surface area (TPSA) is 89.7 Å². The zero-order chi connectivity index (χ0) is 18.6. The van der Waals surface area contributed by atoms with Crippen molar-refractivity contribution in [3.63, 3.8) is 0 Å². The first-order chi connectivity index (χ1) is 13.2. The van der Waals surface area contributed by atoms with Crippen LogP contribution in [0.3, 0.4) is 0 Å². The van der Waals surface area contributed by atoms with Gasteiger partial charge in [0.15, 0.2) is 6.23 Å². The lowest BCUT2D eigenvalue weighted by Gasteiger charge is -2.36. The fourth-order valence-electron chi connectivity index (χ4n) is 3.80. The van der Waals surface area contributed by atoms with Crippen LogP contribution in [-0.2, 0) is 14.3 Å². The molecule has 4 rings (SSSR count). The van der Waals surface area contributed by atoms with Crippen molar-refractivity contribution < 1.29 is 19.2 Å². The lowest BCUT2D eigenvalue weighted by atomic mass is 9.93. The molecule has 0 aliphatic carbocycles. The minimum Gasteiger partial charge on any atom is -0.379 e. The van der Waals surface area contributed by atoms with Gasteiger partial charge >= 0.3 is 0 Å². The van der Waals surface area contributed by atoms with Crippen molar-refractivity contribution in [3.8, 4) is 0 Å². The fraction of sp³-hybridized carbons (Fsp3) is 0.611. The van der Waals surface area contributed by atoms with Gasteiger partial charge in [-0.1, -0.05) is 5.16 Å². The highest BCUT2D eigenvalue weighted by Gasteiger charge is 2.40. The highest BCUT2D eigenvalue weighted by atomic mass is 16.7. The van der Waals surface area contributed by atoms with Gasteiger partial charge in [0.1, 0.15) is 0 Å². The third kappa shape index (κ3) is 4.11. The van der Waals surface area contributed by atoms with Crippen LogP contribution in [0.4, 0.5) is 5.69 Å². The summed E-state index contributed by atoms with van der Waals surface area (Å²) in [5, 5.41) is 15.3. The Balaban J connectivity index is 1.55. The van der Waals surface area contributed by atoms with Crippen LogP contribution in [0.25, 0.3) is 0 Å². The zero-order valence-corrected chi connectivity index (χ0v) is 15.2. The number of ether oxygens (including phenoxy) is 2. The molecule has 0 bridgehead atoms. The second-order valence-electron chi connectivity index (χ2n) is 6.94. The van der Waals surface area contributed by atoms with E-state index < -0.39 is 4.92 Å². The summed E-state index contributed by atoms with van der Waals surface area (Å²) in [5.74, 6) is 0.0719. The van der Waals surface area contributed by atoms with Crippen LogP contribution >= 0.6 is 0 Å². The Morgan fingerprint density at radius 1 is 1.04 bits per heavy atom. The summed E-state index contributed by atoms with van der Waals surface area (Å²) in [4.78, 5) is 21.0. The molecule has 2 atom stereocenters. The number of benzene rings is 1. The maximum atomic E-state index is 10.9. The van der Waals surface area contributed by atoms with Crippen molar-refractivity contribution in [2.75, 3.05) is 59.2 Å². The molecule has 0 amide bonds. The van der Waals surface area contributed by atoms with Crippen LogP contribution < -0.4 is 0 Å². The number of nitro benzene ring substituents is 1. The van der Waals surface area contributed by atoms with Gasteiger partial charge in [0.2, 0.25) is 0 Å². The third-order valence-corrected chi connectivity index (χ3v) is 5.29. The molecule has 0 N–H and O–H groups in total. The smallest absolute Gasteiger partial charge is 0.269 e. The molecule has 146 valence electrons. The normalized spacial score (nSPS) is 27.2. The summed E-state index contributed by atoms with van der Waals surface area (Å²) in [6, 6.07) is 6.56. The molecule has 0 saturated carbocycles. The summed E-state index contributed by atoms with van der Waals surface area (Å²) >= 11 is 0. The first kappa shape index (κ1) is 18.3. The highest BCUT2D eigenvalue weighted by Crippen LogP contribution is 2.28. The summed E-state index contributed by atoms with van der Waals surface area (Å²) < 4.78 is 10.9. The van der Waals surface area contributed by atoms with Gasteiger partial charge in [-0.2, -0.15) is 0 Å². The Bertz CT molecular complexity index is 683. The average Bonchev–Trinajstić information content (AvgIpc) is 3.13. The quantitative estimate of drug-likeness (QED) is 0.558. The average molecular weight is 376 g/mol. The molecule has 1 aromatic rings. The molecule has 0 unspecified atom stereocenters. The molecule has 3 aliphatic heterocycles. The Labute approximate surface area is 157 Å². The van der Waals surface area contributed by atoms with Crippen molar-refractivity contribution in [3.05, 3.63) is 39.9 Å². The number of hydrogen-bond donors (Lipinski definition) is 0. The molecule has 1 aromatic carbocycles. The Morgan fingerprint density at radius 2 is 1.67 bits per heavy atom. The number of nitro groups is 1. The summed E-state index contributed by atoms with van der Waals surface area (Å²) in [6.45, 7) is 7.08. The van der Waals surface area contributed by atoms with Gasteiger partial charge in [-0.15, -0.1) is 0 Å². The minimum atomic E-state index is -0.390. The molecule has 9 heteroatoms. The molecule has 2 fully saturated rings. The van der Waals surface area contributed by atoms with Crippen LogP contribution in [0.15, 0.2) is 29.4 Å². The summed E-state index contributed by atoms with van der Waals surface area (Å²) in [7, 11) is 0. The number of rotatable bonds is 5. The van der Waals surface area contributed by atoms with Crippen LogP contribution in [0.1, 0.15) is 5.56 Å². The fourth-order valence-corrected chi connectivity index (χ4v) is 3.80. The number of hydrogen-bond acceptors (Lipinski definition) is 8. The maximum Gasteiger partial charge on any atom is 0.269 e. The molecule has 2 saturated heterocycles. The van der Waals surface area contributed by atoms with E-state index in [-0.39, 0.29) is 17.8 Å². The molecule has 0 aromatic heterocycles. The number of oxime groups is 1. The van der Waals surface area contributed by atoms with Gasteiger partial charge in [-0.3, -0.25) is 19.9 Å². The van der Waals surface area contributed by atoms with Gasteiger partial charge in [-0.25, -0.2) is 0 Å². The lowest BCUT2D eigenvalue weighted by molar-refractivity contribution is -0.384. The maximum absolute atomic E-state index is 10.9. The van der Waals surface area contributed by atoms with Gasteiger partial charge in [-0.05, 0) is 12.1 Å². The van der Waals surface area contributed by atoms with Crippen LogP contribution in [0.2, 0.25) is 0 Å². The van der Waals surface area contributed by atoms with E-state index in [4.69, 9.17) is 14.3 Å². The van der Waals surface area contributed by atoms with Crippen molar-refractivity contribution in [2.24, 2.45) is 11.1 Å². The van der Waals surface area contributed by atoms with E-state index in [1.807, 2.05) is 0 Å². The minimum absolute atomic E-state index is 0.0719. The van der Waals surface area contributed by atoms with Crippen LogP contribution in [0.5, 0.6) is 0 Å². The molecule has 0 spiro atoms. The van der Waals surface area contributed by atoms with E-state index >= 15 is 0 Å². The van der Waals surface area contributed by atoms with Crippen molar-refractivity contribution in [1.29, 1.82) is 0 Å². The van der Waals surface area contributed by atoms with Gasteiger partial charge in [0.25, 0.3) is 5.69 Å². The van der Waals surface area contributed by atoms with Crippen molar-refractivity contribution in [2.45, 2.75) is 6.23 Å². The Hall–Kier alpha value is -2.07. The Morgan fingerprint density at radius 3 is 2.30 bits per heavy atom. The number of non-ortho nitro benzene ring substituents is 1. The predicted molar refractivity (Wildman–Crippen MR) is 97.6 cm³/mol. The van der Waals surface area contributed by atoms with Gasteiger partial charge in [0, 0.05) is 50.4 Å². The van der Waals surface area contributed by atoms with E-state index in [0.29, 0.717) is 13.2 Å². The first-order valence-electron chi connectivity index (χ1n) is 9.33. The van der Waals surface area contributed by atoms with Gasteiger partial charge in [0.05, 0.1) is 43.0 Å². The largest absolute Gasteiger partial charge is 0.379 e. The SMILES string of the molecule is O=[N+]([O-])c1ccc(C2=NO[C@H](N3CCOCC3)[C@H]2CN2CCOCC2)cc1. The summed E-state index contributed by atoms with van der Waals surface area (Å²) in [6.07, 6.45) is -0.137. The molecule has 3 heterocycles. The number of nitrogens with zero attached hydrogens (tertiary/aromatic N) is 4. The Kier molecular flexibility index (Phi) is 5.63. The lowest BCUT2D eigenvalue weighted by Crippen LogP contribution is -2.51. The standard InChI is InChI=1S/C18H24N4O5/c23-22(24)15-3-1-14(2-4-15)17-16(13-20-5-9-25-10-6-20)18(27-19-17)21-7-11-26-12-8-21/h1-4,16,18H,5-13H2/t16-,18-/m0/s1. The molecule has 0 radical (unpaired) electrons.